The van der Waals surface area contributed by atoms with Gasteiger partial charge in [0.1, 0.15) is 16.4 Å². The van der Waals surface area contributed by atoms with Crippen LogP contribution in [0.5, 0.6) is 5.75 Å². The van der Waals surface area contributed by atoms with Gasteiger partial charge in [0.25, 0.3) is 5.91 Å². The van der Waals surface area contributed by atoms with Gasteiger partial charge in [0, 0.05) is 6.61 Å². The number of anilines is 2. The van der Waals surface area contributed by atoms with E-state index in [1.165, 1.54) is 11.3 Å². The molecule has 1 aliphatic rings. The predicted octanol–water partition coefficient (Wildman–Crippen LogP) is 3.30. The third-order valence-corrected chi connectivity index (χ3v) is 5.37. The minimum Gasteiger partial charge on any atom is -0.495 e. The number of carbonyl (C=O) groups is 1. The molecule has 2 aromatic rings. The average molecular weight is 365 g/mol. The summed E-state index contributed by atoms with van der Waals surface area (Å²) in [5.41, 5.74) is 6.76. The van der Waals surface area contributed by atoms with Crippen LogP contribution in [0.3, 0.4) is 0 Å². The summed E-state index contributed by atoms with van der Waals surface area (Å²) in [4.78, 5) is 13.0. The number of hydrogen-bond acceptors (Lipinski definition) is 6. The molecule has 3 rings (SSSR count). The minimum absolute atomic E-state index is 0.110. The van der Waals surface area contributed by atoms with E-state index in [2.05, 4.69) is 5.32 Å². The number of carbonyl (C=O) groups excluding carboxylic acids is 1. The van der Waals surface area contributed by atoms with Gasteiger partial charge >= 0.3 is 0 Å². The smallest absolute Gasteiger partial charge is 0.269 e. The highest BCUT2D eigenvalue weighted by Gasteiger charge is 2.22. The lowest BCUT2D eigenvalue weighted by Gasteiger charge is -2.12. The van der Waals surface area contributed by atoms with E-state index < -0.39 is 0 Å². The fourth-order valence-electron chi connectivity index (χ4n) is 2.67. The van der Waals surface area contributed by atoms with Gasteiger partial charge in [0.15, 0.2) is 3.95 Å². The fourth-order valence-corrected chi connectivity index (χ4v) is 3.91. The van der Waals surface area contributed by atoms with Crippen molar-refractivity contribution in [2.75, 3.05) is 24.8 Å². The molecule has 1 fully saturated rings. The molecule has 8 heteroatoms. The SMILES string of the molecule is COc1ccccc1NC(=O)c1sc(=S)n(CC2CCCO2)c1N. The number of thiazole rings is 1. The van der Waals surface area contributed by atoms with Crippen molar-refractivity contribution in [2.24, 2.45) is 0 Å². The Morgan fingerprint density at radius 1 is 1.54 bits per heavy atom. The third kappa shape index (κ3) is 3.45. The number of nitrogens with zero attached hydrogens (tertiary/aromatic N) is 1. The molecule has 128 valence electrons. The Morgan fingerprint density at radius 3 is 3.04 bits per heavy atom. The molecule has 1 aliphatic heterocycles. The first kappa shape index (κ1) is 16.9. The third-order valence-electron chi connectivity index (χ3n) is 3.90. The van der Waals surface area contributed by atoms with Gasteiger partial charge < -0.3 is 25.1 Å². The summed E-state index contributed by atoms with van der Waals surface area (Å²) in [5, 5.41) is 2.83. The summed E-state index contributed by atoms with van der Waals surface area (Å²) in [6.45, 7) is 1.35. The van der Waals surface area contributed by atoms with Crippen LogP contribution in [0.4, 0.5) is 11.5 Å². The molecule has 1 aromatic heterocycles. The molecule has 1 saturated heterocycles. The Bertz CT molecular complexity index is 794. The highest BCUT2D eigenvalue weighted by Crippen LogP contribution is 2.28. The lowest BCUT2D eigenvalue weighted by molar-refractivity contribution is 0.0970. The number of nitrogens with one attached hydrogen (secondary N) is 1. The van der Waals surface area contributed by atoms with Crippen LogP contribution in [0, 0.1) is 3.95 Å². The fraction of sp³-hybridized carbons (Fsp3) is 0.375. The largest absolute Gasteiger partial charge is 0.495 e. The number of methoxy groups -OCH3 is 1. The molecule has 2 heterocycles. The topological polar surface area (TPSA) is 78.5 Å². The molecule has 1 unspecified atom stereocenters. The van der Waals surface area contributed by atoms with Crippen LogP contribution in [-0.4, -0.2) is 30.3 Å². The predicted molar refractivity (Wildman–Crippen MR) is 97.5 cm³/mol. The van der Waals surface area contributed by atoms with Crippen molar-refractivity contribution in [1.82, 2.24) is 4.57 Å². The molecule has 0 saturated carbocycles. The van der Waals surface area contributed by atoms with E-state index in [9.17, 15) is 4.79 Å². The zero-order valence-electron chi connectivity index (χ0n) is 13.3. The summed E-state index contributed by atoms with van der Waals surface area (Å²) in [6, 6.07) is 7.22. The maximum Gasteiger partial charge on any atom is 0.269 e. The van der Waals surface area contributed by atoms with Crippen molar-refractivity contribution in [1.29, 1.82) is 0 Å². The Morgan fingerprint density at radius 2 is 2.33 bits per heavy atom. The number of amides is 1. The van der Waals surface area contributed by atoms with Gasteiger partial charge in [0.05, 0.1) is 25.4 Å². The zero-order valence-corrected chi connectivity index (χ0v) is 14.9. The van der Waals surface area contributed by atoms with Gasteiger partial charge in [0.2, 0.25) is 0 Å². The summed E-state index contributed by atoms with van der Waals surface area (Å²) < 4.78 is 13.2. The first-order valence-corrected chi connectivity index (χ1v) is 8.87. The van der Waals surface area contributed by atoms with E-state index in [-0.39, 0.29) is 12.0 Å². The number of hydrogen-bond donors (Lipinski definition) is 2. The van der Waals surface area contributed by atoms with Crippen molar-refractivity contribution in [2.45, 2.75) is 25.5 Å². The quantitative estimate of drug-likeness (QED) is 0.795. The van der Waals surface area contributed by atoms with Crippen LogP contribution in [-0.2, 0) is 11.3 Å². The van der Waals surface area contributed by atoms with Crippen LogP contribution in [0.2, 0.25) is 0 Å². The van der Waals surface area contributed by atoms with Crippen molar-refractivity contribution in [3.05, 3.63) is 33.1 Å². The van der Waals surface area contributed by atoms with Gasteiger partial charge in [-0.3, -0.25) is 4.79 Å². The molecular formula is C16H19N3O3S2. The monoisotopic (exact) mass is 365 g/mol. The Balaban J connectivity index is 1.81. The van der Waals surface area contributed by atoms with Crippen molar-refractivity contribution in [3.8, 4) is 5.75 Å². The van der Waals surface area contributed by atoms with E-state index in [0.29, 0.717) is 32.6 Å². The number of nitrogen functional groups attached to an aromatic ring is 1. The van der Waals surface area contributed by atoms with E-state index in [0.717, 1.165) is 19.4 Å². The summed E-state index contributed by atoms with van der Waals surface area (Å²) >= 11 is 6.58. The molecular weight excluding hydrogens is 346 g/mol. The second kappa shape index (κ2) is 7.33. The summed E-state index contributed by atoms with van der Waals surface area (Å²) in [7, 11) is 1.56. The highest BCUT2D eigenvalue weighted by molar-refractivity contribution is 7.73. The Labute approximate surface area is 149 Å². The normalized spacial score (nSPS) is 17.0. The second-order valence-corrected chi connectivity index (χ2v) is 7.13. The maximum absolute atomic E-state index is 12.6. The second-order valence-electron chi connectivity index (χ2n) is 5.48. The molecule has 1 aromatic carbocycles. The number of ether oxygens (including phenoxy) is 2. The van der Waals surface area contributed by atoms with Crippen molar-refractivity contribution < 1.29 is 14.3 Å². The van der Waals surface area contributed by atoms with E-state index in [1.54, 1.807) is 23.8 Å². The number of nitrogens with two attached hydrogens (primary N) is 1. The molecule has 0 radical (unpaired) electrons. The molecule has 1 amide bonds. The molecule has 24 heavy (non-hydrogen) atoms. The molecule has 0 aliphatic carbocycles. The number of aromatic nitrogens is 1. The number of rotatable bonds is 5. The van der Waals surface area contributed by atoms with Crippen LogP contribution in [0.25, 0.3) is 0 Å². The molecule has 6 nitrogen and oxygen atoms in total. The van der Waals surface area contributed by atoms with Gasteiger partial charge in [-0.25, -0.2) is 0 Å². The number of benzene rings is 1. The van der Waals surface area contributed by atoms with Crippen molar-refractivity contribution >= 4 is 41.0 Å². The van der Waals surface area contributed by atoms with Crippen LogP contribution in [0.1, 0.15) is 22.5 Å². The Hall–Kier alpha value is -1.90. The Kier molecular flexibility index (Phi) is 5.17. The molecule has 1 atom stereocenters. The van der Waals surface area contributed by atoms with Crippen LogP contribution < -0.4 is 15.8 Å². The zero-order chi connectivity index (χ0) is 17.1. The standard InChI is InChI=1S/C16H19N3O3S2/c1-21-12-7-3-2-6-11(12)18-15(20)13-14(17)19(16(23)24-13)9-10-5-4-8-22-10/h2-3,6-7,10H,4-5,8-9,17H2,1H3,(H,18,20). The van der Waals surface area contributed by atoms with E-state index in [4.69, 9.17) is 27.4 Å². The lowest BCUT2D eigenvalue weighted by Crippen LogP contribution is -2.18. The molecule has 0 bridgehead atoms. The minimum atomic E-state index is -0.292. The maximum atomic E-state index is 12.6. The summed E-state index contributed by atoms with van der Waals surface area (Å²) in [6.07, 6.45) is 2.14. The van der Waals surface area contributed by atoms with E-state index in [1.807, 2.05) is 12.1 Å². The van der Waals surface area contributed by atoms with Gasteiger partial charge in [-0.1, -0.05) is 23.5 Å². The van der Waals surface area contributed by atoms with Crippen molar-refractivity contribution in [3.63, 3.8) is 0 Å². The summed E-state index contributed by atoms with van der Waals surface area (Å²) in [5.74, 6) is 0.680. The van der Waals surface area contributed by atoms with Gasteiger partial charge in [-0.2, -0.15) is 0 Å². The average Bonchev–Trinajstić information content (AvgIpc) is 3.19. The molecule has 0 spiro atoms. The molecule has 3 N–H and O–H groups in total. The van der Waals surface area contributed by atoms with Gasteiger partial charge in [-0.05, 0) is 37.2 Å². The van der Waals surface area contributed by atoms with Crippen LogP contribution >= 0.6 is 23.6 Å². The number of para-hydroxylation sites is 2. The van der Waals surface area contributed by atoms with E-state index >= 15 is 0 Å². The van der Waals surface area contributed by atoms with Gasteiger partial charge in [-0.15, -0.1) is 0 Å². The lowest BCUT2D eigenvalue weighted by atomic mass is 10.2. The highest BCUT2D eigenvalue weighted by atomic mass is 32.1. The first-order chi connectivity index (χ1) is 11.6. The first-order valence-electron chi connectivity index (χ1n) is 7.65. The van der Waals surface area contributed by atoms with Crippen LogP contribution in [0.15, 0.2) is 24.3 Å².